The summed E-state index contributed by atoms with van der Waals surface area (Å²) in [6.45, 7) is 5.18. The maximum atomic E-state index is 11.4. The zero-order valence-corrected chi connectivity index (χ0v) is 12.0. The van der Waals surface area contributed by atoms with Crippen LogP contribution in [0.2, 0.25) is 0 Å². The van der Waals surface area contributed by atoms with Crippen molar-refractivity contribution in [2.75, 3.05) is 0 Å². The highest BCUT2D eigenvalue weighted by Gasteiger charge is 2.11. The number of aliphatic hydroxyl groups is 1. The molecule has 0 unspecified atom stereocenters. The highest BCUT2D eigenvalue weighted by molar-refractivity contribution is 5.28. The van der Waals surface area contributed by atoms with Gasteiger partial charge in [-0.1, -0.05) is 19.3 Å². The predicted molar refractivity (Wildman–Crippen MR) is 74.5 cm³/mol. The fraction of sp³-hybridized carbons (Fsp3) is 0.667. The summed E-state index contributed by atoms with van der Waals surface area (Å²) in [5.74, 6) is 0.545. The highest BCUT2D eigenvalue weighted by atomic mass is 16.4. The fourth-order valence-corrected chi connectivity index (χ4v) is 1.92. The molecule has 19 heavy (non-hydrogen) atoms. The molecule has 0 amide bonds. The van der Waals surface area contributed by atoms with Gasteiger partial charge in [0.2, 0.25) is 0 Å². The Balaban J connectivity index is 2.29. The predicted octanol–water partition coefficient (Wildman–Crippen LogP) is 2.92. The first-order valence-corrected chi connectivity index (χ1v) is 6.84. The molecule has 0 spiro atoms. The molecular formula is C15H24O4. The Bertz CT molecular complexity index is 454. The largest absolute Gasteiger partial charge is 0.507 e. The fourth-order valence-electron chi connectivity index (χ4n) is 1.92. The van der Waals surface area contributed by atoms with Crippen LogP contribution in [0.25, 0.3) is 0 Å². The first kappa shape index (κ1) is 15.8. The second kappa shape index (κ2) is 6.75. The molecule has 4 nitrogen and oxygen atoms in total. The molecule has 4 heteroatoms. The Kier molecular flexibility index (Phi) is 5.60. The monoisotopic (exact) mass is 268 g/mol. The Labute approximate surface area is 114 Å². The lowest BCUT2D eigenvalue weighted by Gasteiger charge is -2.16. The van der Waals surface area contributed by atoms with Gasteiger partial charge in [-0.2, -0.15) is 0 Å². The van der Waals surface area contributed by atoms with Gasteiger partial charge in [0.1, 0.15) is 11.5 Å². The van der Waals surface area contributed by atoms with Gasteiger partial charge >= 0.3 is 5.63 Å². The van der Waals surface area contributed by atoms with Crippen molar-refractivity contribution >= 4 is 0 Å². The summed E-state index contributed by atoms with van der Waals surface area (Å²) in [6.07, 6.45) is 5.43. The van der Waals surface area contributed by atoms with E-state index in [0.717, 1.165) is 32.1 Å². The summed E-state index contributed by atoms with van der Waals surface area (Å²) in [4.78, 5) is 11.4. The number of hydrogen-bond acceptors (Lipinski definition) is 4. The molecule has 1 aromatic rings. The average molecular weight is 268 g/mol. The number of unbranched alkanes of at least 4 members (excludes halogenated alkanes) is 3. The summed E-state index contributed by atoms with van der Waals surface area (Å²) in [5, 5.41) is 19.1. The third-order valence-electron chi connectivity index (χ3n) is 3.17. The Hall–Kier alpha value is -1.29. The highest BCUT2D eigenvalue weighted by Crippen LogP contribution is 2.17. The van der Waals surface area contributed by atoms with E-state index in [0.29, 0.717) is 12.2 Å². The minimum atomic E-state index is -0.588. The molecule has 0 aliphatic carbocycles. The van der Waals surface area contributed by atoms with Crippen molar-refractivity contribution in [3.8, 4) is 5.75 Å². The second-order valence-corrected chi connectivity index (χ2v) is 5.74. The van der Waals surface area contributed by atoms with Crippen LogP contribution >= 0.6 is 0 Å². The van der Waals surface area contributed by atoms with Crippen molar-refractivity contribution in [2.24, 2.45) is 0 Å². The maximum absolute atomic E-state index is 11.4. The quantitative estimate of drug-likeness (QED) is 0.746. The lowest BCUT2D eigenvalue weighted by Crippen LogP contribution is -2.17. The molecule has 108 valence electrons. The lowest BCUT2D eigenvalue weighted by atomic mass is 10.00. The van der Waals surface area contributed by atoms with E-state index in [9.17, 15) is 15.0 Å². The van der Waals surface area contributed by atoms with Crippen molar-refractivity contribution in [3.63, 3.8) is 0 Å². The van der Waals surface area contributed by atoms with E-state index in [1.165, 1.54) is 6.07 Å². The van der Waals surface area contributed by atoms with Crippen LogP contribution in [0.3, 0.4) is 0 Å². The molecule has 2 N–H and O–H groups in total. The molecular weight excluding hydrogens is 244 g/mol. The minimum Gasteiger partial charge on any atom is -0.507 e. The molecule has 0 aliphatic rings. The molecule has 0 aliphatic heterocycles. The summed E-state index contributed by atoms with van der Waals surface area (Å²) < 4.78 is 5.09. The number of aryl methyl sites for hydroxylation is 1. The molecule has 0 fully saturated rings. The molecule has 0 atom stereocenters. The molecule has 0 saturated carbocycles. The summed E-state index contributed by atoms with van der Waals surface area (Å²) >= 11 is 0. The van der Waals surface area contributed by atoms with Crippen LogP contribution in [0, 0.1) is 6.92 Å². The third-order valence-corrected chi connectivity index (χ3v) is 3.17. The van der Waals surface area contributed by atoms with Crippen LogP contribution in [0.4, 0.5) is 0 Å². The maximum Gasteiger partial charge on any atom is 0.342 e. The van der Waals surface area contributed by atoms with Crippen LogP contribution in [0.5, 0.6) is 5.75 Å². The van der Waals surface area contributed by atoms with E-state index < -0.39 is 11.2 Å². The molecule has 1 aromatic heterocycles. The van der Waals surface area contributed by atoms with Gasteiger partial charge < -0.3 is 14.6 Å². The normalized spacial score (nSPS) is 11.8. The molecule has 0 aromatic carbocycles. The average Bonchev–Trinajstić information content (AvgIpc) is 2.29. The van der Waals surface area contributed by atoms with Gasteiger partial charge in [0.15, 0.2) is 0 Å². The van der Waals surface area contributed by atoms with Crippen LogP contribution in [-0.4, -0.2) is 15.8 Å². The zero-order chi connectivity index (χ0) is 14.5. The van der Waals surface area contributed by atoms with Gasteiger partial charge in [-0.05, 0) is 33.6 Å². The van der Waals surface area contributed by atoms with E-state index in [2.05, 4.69) is 0 Å². The van der Waals surface area contributed by atoms with Gasteiger partial charge in [0, 0.05) is 12.5 Å². The van der Waals surface area contributed by atoms with Crippen molar-refractivity contribution in [3.05, 3.63) is 27.8 Å². The van der Waals surface area contributed by atoms with Gasteiger partial charge in [0.25, 0.3) is 0 Å². The zero-order valence-electron chi connectivity index (χ0n) is 12.0. The SMILES string of the molecule is Cc1c(O)cc(CCCCCCC(C)(C)O)oc1=O. The second-order valence-electron chi connectivity index (χ2n) is 5.74. The van der Waals surface area contributed by atoms with E-state index >= 15 is 0 Å². The summed E-state index contributed by atoms with van der Waals surface area (Å²) in [7, 11) is 0. The smallest absolute Gasteiger partial charge is 0.342 e. The van der Waals surface area contributed by atoms with Gasteiger partial charge in [-0.25, -0.2) is 4.79 Å². The third kappa shape index (κ3) is 5.92. The number of rotatable bonds is 7. The van der Waals surface area contributed by atoms with E-state index in [1.54, 1.807) is 6.92 Å². The van der Waals surface area contributed by atoms with Gasteiger partial charge in [-0.15, -0.1) is 0 Å². The first-order chi connectivity index (χ1) is 8.79. The van der Waals surface area contributed by atoms with E-state index in [4.69, 9.17) is 4.42 Å². The Morgan fingerprint density at radius 3 is 2.42 bits per heavy atom. The minimum absolute atomic E-state index is 0.00767. The van der Waals surface area contributed by atoms with Crippen LogP contribution < -0.4 is 5.63 Å². The topological polar surface area (TPSA) is 70.7 Å². The van der Waals surface area contributed by atoms with Gasteiger partial charge in [0.05, 0.1) is 11.2 Å². The van der Waals surface area contributed by atoms with Crippen molar-refractivity contribution in [2.45, 2.75) is 64.9 Å². The van der Waals surface area contributed by atoms with E-state index in [-0.39, 0.29) is 11.3 Å². The molecule has 1 rings (SSSR count). The van der Waals surface area contributed by atoms with E-state index in [1.807, 2.05) is 13.8 Å². The standard InChI is InChI=1S/C15H24O4/c1-11-13(16)10-12(19-14(11)17)8-6-4-5-7-9-15(2,3)18/h10,16,18H,4-9H2,1-3H3. The van der Waals surface area contributed by atoms with Crippen LogP contribution in [0.1, 0.15) is 57.3 Å². The Morgan fingerprint density at radius 2 is 1.84 bits per heavy atom. The molecule has 0 saturated heterocycles. The Morgan fingerprint density at radius 1 is 1.21 bits per heavy atom. The lowest BCUT2D eigenvalue weighted by molar-refractivity contribution is 0.0680. The number of aromatic hydroxyl groups is 1. The van der Waals surface area contributed by atoms with Crippen LogP contribution in [0.15, 0.2) is 15.3 Å². The van der Waals surface area contributed by atoms with Gasteiger partial charge in [-0.3, -0.25) is 0 Å². The molecule has 0 bridgehead atoms. The van der Waals surface area contributed by atoms with Crippen molar-refractivity contribution in [1.82, 2.24) is 0 Å². The number of hydrogen-bond donors (Lipinski definition) is 2. The summed E-state index contributed by atoms with van der Waals surface area (Å²) in [6, 6.07) is 1.52. The van der Waals surface area contributed by atoms with Crippen molar-refractivity contribution in [1.29, 1.82) is 0 Å². The van der Waals surface area contributed by atoms with Crippen LogP contribution in [-0.2, 0) is 6.42 Å². The van der Waals surface area contributed by atoms with Crippen molar-refractivity contribution < 1.29 is 14.6 Å². The summed E-state index contributed by atoms with van der Waals surface area (Å²) in [5.41, 5.74) is -0.791. The molecule has 1 heterocycles. The molecule has 0 radical (unpaired) electrons. The first-order valence-electron chi connectivity index (χ1n) is 6.84.